The van der Waals surface area contributed by atoms with E-state index in [0.717, 1.165) is 0 Å². The molecule has 1 heterocycles. The highest BCUT2D eigenvalue weighted by Crippen LogP contribution is 2.17. The number of carbonyl (C=O) groups excluding carboxylic acids is 1. The SMILES string of the molecule is CS(=O)(=O)CCCN1CC(CO)CC1=O. The normalized spacial score (nSPS) is 22.4. The van der Waals surface area contributed by atoms with Crippen LogP contribution < -0.4 is 0 Å². The Kier molecular flexibility index (Phi) is 4.10. The van der Waals surface area contributed by atoms with E-state index in [2.05, 4.69) is 0 Å². The van der Waals surface area contributed by atoms with Crippen molar-refractivity contribution in [3.05, 3.63) is 0 Å². The van der Waals surface area contributed by atoms with Crippen molar-refractivity contribution in [2.75, 3.05) is 31.7 Å². The predicted octanol–water partition coefficient (Wildman–Crippen LogP) is -0.738. The van der Waals surface area contributed by atoms with Crippen LogP contribution in [0.4, 0.5) is 0 Å². The summed E-state index contributed by atoms with van der Waals surface area (Å²) in [5.74, 6) is 0.152. The Morgan fingerprint density at radius 3 is 2.67 bits per heavy atom. The van der Waals surface area contributed by atoms with Crippen molar-refractivity contribution in [2.24, 2.45) is 5.92 Å². The smallest absolute Gasteiger partial charge is 0.223 e. The zero-order chi connectivity index (χ0) is 11.5. The molecule has 1 saturated heterocycles. The third-order valence-electron chi connectivity index (χ3n) is 2.50. The van der Waals surface area contributed by atoms with Crippen LogP contribution in [0.1, 0.15) is 12.8 Å². The second-order valence-corrected chi connectivity index (χ2v) is 6.34. The van der Waals surface area contributed by atoms with Crippen LogP contribution in [-0.2, 0) is 14.6 Å². The first-order valence-electron chi connectivity index (χ1n) is 4.98. The molecule has 1 fully saturated rings. The van der Waals surface area contributed by atoms with E-state index in [1.54, 1.807) is 4.90 Å². The molecule has 1 unspecified atom stereocenters. The summed E-state index contributed by atoms with van der Waals surface area (Å²) in [7, 11) is -2.94. The molecule has 1 atom stereocenters. The van der Waals surface area contributed by atoms with Gasteiger partial charge in [0, 0.05) is 38.3 Å². The number of likely N-dealkylation sites (tertiary alicyclic amines) is 1. The molecule has 0 radical (unpaired) electrons. The van der Waals surface area contributed by atoms with Crippen LogP contribution in [-0.4, -0.2) is 56.0 Å². The monoisotopic (exact) mass is 235 g/mol. The number of carbonyl (C=O) groups is 1. The minimum Gasteiger partial charge on any atom is -0.396 e. The maximum absolute atomic E-state index is 11.4. The molecule has 0 spiro atoms. The Morgan fingerprint density at radius 1 is 1.53 bits per heavy atom. The Hall–Kier alpha value is -0.620. The van der Waals surface area contributed by atoms with Crippen molar-refractivity contribution >= 4 is 15.7 Å². The first kappa shape index (κ1) is 12.4. The van der Waals surface area contributed by atoms with Crippen molar-refractivity contribution in [1.29, 1.82) is 0 Å². The molecule has 1 N–H and O–H groups in total. The van der Waals surface area contributed by atoms with Gasteiger partial charge in [0.05, 0.1) is 5.75 Å². The lowest BCUT2D eigenvalue weighted by atomic mass is 10.1. The number of aliphatic hydroxyl groups is 1. The lowest BCUT2D eigenvalue weighted by molar-refractivity contribution is -0.127. The van der Waals surface area contributed by atoms with Gasteiger partial charge in [-0.1, -0.05) is 0 Å². The van der Waals surface area contributed by atoms with Crippen molar-refractivity contribution in [3.8, 4) is 0 Å². The van der Waals surface area contributed by atoms with Gasteiger partial charge in [-0.25, -0.2) is 8.42 Å². The molecule has 1 rings (SSSR count). The molecule has 1 aliphatic rings. The van der Waals surface area contributed by atoms with Crippen LogP contribution in [0.2, 0.25) is 0 Å². The van der Waals surface area contributed by atoms with Gasteiger partial charge in [0.1, 0.15) is 9.84 Å². The minimum atomic E-state index is -2.94. The van der Waals surface area contributed by atoms with E-state index in [1.807, 2.05) is 0 Å². The summed E-state index contributed by atoms with van der Waals surface area (Å²) in [5, 5.41) is 8.88. The second-order valence-electron chi connectivity index (χ2n) is 4.08. The Balaban J connectivity index is 2.31. The first-order chi connectivity index (χ1) is 6.92. The average Bonchev–Trinajstić information content (AvgIpc) is 2.45. The molecule has 88 valence electrons. The van der Waals surface area contributed by atoms with Gasteiger partial charge >= 0.3 is 0 Å². The van der Waals surface area contributed by atoms with Crippen LogP contribution >= 0.6 is 0 Å². The Bertz CT molecular complexity index is 325. The highest BCUT2D eigenvalue weighted by molar-refractivity contribution is 7.90. The van der Waals surface area contributed by atoms with Gasteiger partial charge in [0.2, 0.25) is 5.91 Å². The van der Waals surface area contributed by atoms with E-state index >= 15 is 0 Å². The summed E-state index contributed by atoms with van der Waals surface area (Å²) < 4.78 is 21.7. The van der Waals surface area contributed by atoms with Gasteiger partial charge in [-0.05, 0) is 6.42 Å². The molecule has 5 nitrogen and oxygen atoms in total. The molecule has 0 aromatic heterocycles. The van der Waals surface area contributed by atoms with E-state index < -0.39 is 9.84 Å². The van der Waals surface area contributed by atoms with Gasteiger partial charge in [-0.2, -0.15) is 0 Å². The van der Waals surface area contributed by atoms with Crippen molar-refractivity contribution in [3.63, 3.8) is 0 Å². The predicted molar refractivity (Wildman–Crippen MR) is 56.1 cm³/mol. The van der Waals surface area contributed by atoms with E-state index in [1.165, 1.54) is 6.26 Å². The third kappa shape index (κ3) is 4.17. The Morgan fingerprint density at radius 2 is 2.20 bits per heavy atom. The maximum atomic E-state index is 11.4. The molecule has 0 saturated carbocycles. The highest BCUT2D eigenvalue weighted by atomic mass is 32.2. The van der Waals surface area contributed by atoms with Crippen molar-refractivity contribution < 1.29 is 18.3 Å². The quantitative estimate of drug-likeness (QED) is 0.681. The van der Waals surface area contributed by atoms with Gasteiger partial charge in [-0.15, -0.1) is 0 Å². The molecule has 15 heavy (non-hydrogen) atoms. The lowest BCUT2D eigenvalue weighted by Gasteiger charge is -2.15. The van der Waals surface area contributed by atoms with E-state index in [0.29, 0.717) is 25.9 Å². The van der Waals surface area contributed by atoms with Crippen LogP contribution in [0.3, 0.4) is 0 Å². The van der Waals surface area contributed by atoms with E-state index in [4.69, 9.17) is 5.11 Å². The Labute approximate surface area is 90.0 Å². The topological polar surface area (TPSA) is 74.7 Å². The van der Waals surface area contributed by atoms with E-state index in [9.17, 15) is 13.2 Å². The van der Waals surface area contributed by atoms with Gasteiger partial charge < -0.3 is 10.0 Å². The van der Waals surface area contributed by atoms with Crippen molar-refractivity contribution in [2.45, 2.75) is 12.8 Å². The number of rotatable bonds is 5. The molecule has 0 aromatic carbocycles. The molecule has 1 aliphatic heterocycles. The molecular formula is C9H17NO4S. The number of nitrogens with zero attached hydrogens (tertiary/aromatic N) is 1. The molecule has 6 heteroatoms. The number of aliphatic hydroxyl groups excluding tert-OH is 1. The molecule has 0 aliphatic carbocycles. The van der Waals surface area contributed by atoms with Gasteiger partial charge in [0.25, 0.3) is 0 Å². The summed E-state index contributed by atoms with van der Waals surface area (Å²) in [6.45, 7) is 1.05. The van der Waals surface area contributed by atoms with Crippen LogP contribution in [0, 0.1) is 5.92 Å². The summed E-state index contributed by atoms with van der Waals surface area (Å²) in [5.41, 5.74) is 0. The van der Waals surface area contributed by atoms with Crippen molar-refractivity contribution in [1.82, 2.24) is 4.90 Å². The minimum absolute atomic E-state index is 0.0163. The maximum Gasteiger partial charge on any atom is 0.223 e. The molecule has 1 amide bonds. The highest BCUT2D eigenvalue weighted by Gasteiger charge is 2.28. The number of amides is 1. The zero-order valence-electron chi connectivity index (χ0n) is 8.85. The molecular weight excluding hydrogens is 218 g/mol. The van der Waals surface area contributed by atoms with Gasteiger partial charge in [0.15, 0.2) is 0 Å². The molecule has 0 aromatic rings. The van der Waals surface area contributed by atoms with Crippen LogP contribution in [0.5, 0.6) is 0 Å². The third-order valence-corrected chi connectivity index (χ3v) is 3.53. The summed E-state index contributed by atoms with van der Waals surface area (Å²) in [6, 6.07) is 0. The summed E-state index contributed by atoms with van der Waals surface area (Å²) >= 11 is 0. The number of hydrogen-bond acceptors (Lipinski definition) is 4. The zero-order valence-corrected chi connectivity index (χ0v) is 9.66. The number of sulfone groups is 1. The first-order valence-corrected chi connectivity index (χ1v) is 7.05. The average molecular weight is 235 g/mol. The lowest BCUT2D eigenvalue weighted by Crippen LogP contribution is -2.27. The molecule has 0 bridgehead atoms. The largest absolute Gasteiger partial charge is 0.396 e. The fourth-order valence-electron chi connectivity index (χ4n) is 1.71. The summed E-state index contributed by atoms with van der Waals surface area (Å²) in [4.78, 5) is 13.0. The fraction of sp³-hybridized carbons (Fsp3) is 0.889. The second kappa shape index (κ2) is 4.94. The van der Waals surface area contributed by atoms with Crippen LogP contribution in [0.25, 0.3) is 0 Å². The van der Waals surface area contributed by atoms with Crippen LogP contribution in [0.15, 0.2) is 0 Å². The van der Waals surface area contributed by atoms with E-state index in [-0.39, 0.29) is 24.2 Å². The standard InChI is InChI=1S/C9H17NO4S/c1-15(13,14)4-2-3-10-6-8(7-11)5-9(10)12/h8,11H,2-7H2,1H3. The van der Waals surface area contributed by atoms with Gasteiger partial charge in [-0.3, -0.25) is 4.79 Å². The summed E-state index contributed by atoms with van der Waals surface area (Å²) in [6.07, 6.45) is 2.05. The fourth-order valence-corrected chi connectivity index (χ4v) is 2.36. The number of hydrogen-bond donors (Lipinski definition) is 1.